The fourth-order valence-electron chi connectivity index (χ4n) is 1.56. The van der Waals surface area contributed by atoms with Crippen LogP contribution in [0, 0.1) is 0 Å². The van der Waals surface area contributed by atoms with Crippen LogP contribution < -0.4 is 4.74 Å². The lowest BCUT2D eigenvalue weighted by atomic mass is 10.1. The van der Waals surface area contributed by atoms with Crippen LogP contribution >= 0.6 is 11.6 Å². The van der Waals surface area contributed by atoms with Crippen LogP contribution in [0.4, 0.5) is 8.78 Å². The molecule has 0 unspecified atom stereocenters. The molecule has 0 atom stereocenters. The Morgan fingerprint density at radius 1 is 1.53 bits per heavy atom. The number of carbonyl (C=O) groups is 1. The molecule has 0 aromatic carbocycles. The molecule has 1 aromatic rings. The van der Waals surface area contributed by atoms with Gasteiger partial charge in [-0.2, -0.15) is 0 Å². The van der Waals surface area contributed by atoms with Crippen molar-refractivity contribution in [2.75, 3.05) is 13.7 Å². The minimum atomic E-state index is -2.79. The van der Waals surface area contributed by atoms with Crippen LogP contribution in [-0.2, 0) is 21.8 Å². The van der Waals surface area contributed by atoms with Crippen molar-refractivity contribution in [3.8, 4) is 5.75 Å². The second-order valence-electron chi connectivity index (χ2n) is 3.60. The van der Waals surface area contributed by atoms with Gasteiger partial charge < -0.3 is 9.47 Å². The number of hydrogen-bond acceptors (Lipinski definition) is 4. The zero-order valence-electron chi connectivity index (χ0n) is 10.6. The Bertz CT molecular complexity index is 455. The lowest BCUT2D eigenvalue weighted by Gasteiger charge is -2.12. The molecule has 0 amide bonds. The SMILES string of the molecule is CCOC(=O)Cc1cc(OC)c(CCl)nc1C(F)F. The first-order valence-electron chi connectivity index (χ1n) is 5.59. The van der Waals surface area contributed by atoms with Gasteiger partial charge in [-0.05, 0) is 18.6 Å². The van der Waals surface area contributed by atoms with Gasteiger partial charge in [0, 0.05) is 0 Å². The summed E-state index contributed by atoms with van der Waals surface area (Å²) in [5.74, 6) is -0.367. The van der Waals surface area contributed by atoms with E-state index in [0.717, 1.165) is 0 Å². The zero-order chi connectivity index (χ0) is 14.4. The molecule has 7 heteroatoms. The minimum absolute atomic E-state index is 0.0530. The Kier molecular flexibility index (Phi) is 5.95. The van der Waals surface area contributed by atoms with Gasteiger partial charge in [-0.1, -0.05) is 0 Å². The number of esters is 1. The monoisotopic (exact) mass is 293 g/mol. The maximum Gasteiger partial charge on any atom is 0.310 e. The van der Waals surface area contributed by atoms with Crippen molar-refractivity contribution in [3.63, 3.8) is 0 Å². The van der Waals surface area contributed by atoms with Crippen LogP contribution in [-0.4, -0.2) is 24.7 Å². The molecule has 0 bridgehead atoms. The van der Waals surface area contributed by atoms with Crippen LogP contribution in [0.15, 0.2) is 6.07 Å². The highest BCUT2D eigenvalue weighted by Gasteiger charge is 2.21. The second kappa shape index (κ2) is 7.23. The van der Waals surface area contributed by atoms with Crippen molar-refractivity contribution in [1.82, 2.24) is 4.98 Å². The van der Waals surface area contributed by atoms with Crippen LogP contribution in [0.2, 0.25) is 0 Å². The smallest absolute Gasteiger partial charge is 0.310 e. The molecule has 106 valence electrons. The summed E-state index contributed by atoms with van der Waals surface area (Å²) in [6, 6.07) is 1.35. The van der Waals surface area contributed by atoms with Gasteiger partial charge in [0.05, 0.1) is 31.7 Å². The van der Waals surface area contributed by atoms with E-state index in [2.05, 4.69) is 4.98 Å². The number of ether oxygens (including phenoxy) is 2. The number of halogens is 3. The Balaban J connectivity index is 3.16. The average Bonchev–Trinajstić information content (AvgIpc) is 2.38. The third-order valence-corrected chi connectivity index (χ3v) is 2.62. The molecule has 1 aromatic heterocycles. The molecular weight excluding hydrogens is 280 g/mol. The van der Waals surface area contributed by atoms with E-state index < -0.39 is 18.1 Å². The normalized spacial score (nSPS) is 10.6. The largest absolute Gasteiger partial charge is 0.495 e. The van der Waals surface area contributed by atoms with E-state index in [9.17, 15) is 13.6 Å². The zero-order valence-corrected chi connectivity index (χ0v) is 11.3. The second-order valence-corrected chi connectivity index (χ2v) is 3.87. The molecule has 0 spiro atoms. The summed E-state index contributed by atoms with van der Waals surface area (Å²) in [4.78, 5) is 15.1. The van der Waals surface area contributed by atoms with Gasteiger partial charge in [-0.3, -0.25) is 4.79 Å². The van der Waals surface area contributed by atoms with E-state index in [4.69, 9.17) is 21.1 Å². The van der Waals surface area contributed by atoms with Crippen molar-refractivity contribution in [1.29, 1.82) is 0 Å². The minimum Gasteiger partial charge on any atom is -0.495 e. The molecule has 4 nitrogen and oxygen atoms in total. The number of nitrogens with zero attached hydrogens (tertiary/aromatic N) is 1. The molecule has 0 aliphatic carbocycles. The van der Waals surface area contributed by atoms with Gasteiger partial charge in [-0.15, -0.1) is 11.6 Å². The topological polar surface area (TPSA) is 48.4 Å². The van der Waals surface area contributed by atoms with Gasteiger partial charge in [0.2, 0.25) is 0 Å². The van der Waals surface area contributed by atoms with Crippen molar-refractivity contribution in [2.24, 2.45) is 0 Å². The molecule has 19 heavy (non-hydrogen) atoms. The summed E-state index contributed by atoms with van der Waals surface area (Å²) in [5, 5.41) is 0. The highest BCUT2D eigenvalue weighted by atomic mass is 35.5. The molecule has 0 aliphatic heterocycles. The summed E-state index contributed by atoms with van der Waals surface area (Å²) >= 11 is 5.62. The first-order valence-corrected chi connectivity index (χ1v) is 6.13. The van der Waals surface area contributed by atoms with Crippen molar-refractivity contribution < 1.29 is 23.0 Å². The van der Waals surface area contributed by atoms with E-state index in [1.807, 2.05) is 0 Å². The van der Waals surface area contributed by atoms with E-state index in [-0.39, 0.29) is 35.9 Å². The summed E-state index contributed by atoms with van der Waals surface area (Å²) < 4.78 is 35.6. The van der Waals surface area contributed by atoms with Crippen LogP contribution in [0.5, 0.6) is 5.75 Å². The quantitative estimate of drug-likeness (QED) is 0.598. The van der Waals surface area contributed by atoms with Gasteiger partial charge in [0.1, 0.15) is 11.4 Å². The number of pyridine rings is 1. The van der Waals surface area contributed by atoms with Gasteiger partial charge in [0.15, 0.2) is 0 Å². The summed E-state index contributed by atoms with van der Waals surface area (Å²) in [5.41, 5.74) is -0.171. The van der Waals surface area contributed by atoms with Gasteiger partial charge in [0.25, 0.3) is 6.43 Å². The third-order valence-electron chi connectivity index (χ3n) is 2.37. The number of rotatable bonds is 6. The van der Waals surface area contributed by atoms with Gasteiger partial charge in [-0.25, -0.2) is 13.8 Å². The molecule has 0 saturated carbocycles. The molecule has 1 heterocycles. The van der Waals surface area contributed by atoms with E-state index in [0.29, 0.717) is 0 Å². The first-order chi connectivity index (χ1) is 9.03. The molecule has 0 N–H and O–H groups in total. The third kappa shape index (κ3) is 4.02. The highest BCUT2D eigenvalue weighted by molar-refractivity contribution is 6.17. The van der Waals surface area contributed by atoms with Crippen LogP contribution in [0.1, 0.15) is 30.3 Å². The Morgan fingerprint density at radius 2 is 2.21 bits per heavy atom. The molecule has 1 rings (SSSR count). The average molecular weight is 294 g/mol. The lowest BCUT2D eigenvalue weighted by molar-refractivity contribution is -0.142. The number of carbonyl (C=O) groups excluding carboxylic acids is 1. The molecule has 0 fully saturated rings. The fourth-order valence-corrected chi connectivity index (χ4v) is 1.75. The fraction of sp³-hybridized carbons (Fsp3) is 0.500. The maximum absolute atomic E-state index is 12.9. The van der Waals surface area contributed by atoms with Gasteiger partial charge >= 0.3 is 5.97 Å². The predicted octanol–water partition coefficient (Wildman–Crippen LogP) is 2.87. The van der Waals surface area contributed by atoms with Crippen molar-refractivity contribution in [3.05, 3.63) is 23.0 Å². The van der Waals surface area contributed by atoms with Crippen molar-refractivity contribution >= 4 is 17.6 Å². The van der Waals surface area contributed by atoms with Crippen LogP contribution in [0.3, 0.4) is 0 Å². The number of hydrogen-bond donors (Lipinski definition) is 0. The summed E-state index contributed by atoms with van der Waals surface area (Å²) in [6.45, 7) is 1.83. The Hall–Kier alpha value is -1.43. The number of aromatic nitrogens is 1. The highest BCUT2D eigenvalue weighted by Crippen LogP contribution is 2.28. The molecule has 0 saturated heterocycles. The number of methoxy groups -OCH3 is 1. The standard InChI is InChI=1S/C12H14ClF2NO3/c1-3-19-10(17)5-7-4-9(18-2)8(6-13)16-11(7)12(14)15/h4,12H,3,5-6H2,1-2H3. The Labute approximate surface area is 114 Å². The lowest BCUT2D eigenvalue weighted by Crippen LogP contribution is -2.12. The predicted molar refractivity (Wildman–Crippen MR) is 65.6 cm³/mol. The molecule has 0 radical (unpaired) electrons. The molecular formula is C12H14ClF2NO3. The first kappa shape index (κ1) is 15.6. The van der Waals surface area contributed by atoms with E-state index in [1.54, 1.807) is 6.92 Å². The Morgan fingerprint density at radius 3 is 2.68 bits per heavy atom. The van der Waals surface area contributed by atoms with Crippen molar-refractivity contribution in [2.45, 2.75) is 25.7 Å². The van der Waals surface area contributed by atoms with E-state index in [1.165, 1.54) is 13.2 Å². The summed E-state index contributed by atoms with van der Waals surface area (Å²) in [7, 11) is 1.38. The maximum atomic E-state index is 12.9. The van der Waals surface area contributed by atoms with Crippen LogP contribution in [0.25, 0.3) is 0 Å². The van der Waals surface area contributed by atoms with E-state index >= 15 is 0 Å². The molecule has 0 aliphatic rings. The summed E-state index contributed by atoms with van der Waals surface area (Å²) in [6.07, 6.45) is -3.07. The number of alkyl halides is 3.